The van der Waals surface area contributed by atoms with Gasteiger partial charge in [0, 0.05) is 17.1 Å². The average Bonchev–Trinajstić information content (AvgIpc) is 2.97. The molecule has 0 bridgehead atoms. The van der Waals surface area contributed by atoms with Crippen molar-refractivity contribution in [2.45, 2.75) is 32.6 Å². The maximum Gasteiger partial charge on any atom is 0.251 e. The van der Waals surface area contributed by atoms with Gasteiger partial charge in [-0.3, -0.25) is 9.59 Å². The van der Waals surface area contributed by atoms with E-state index in [0.29, 0.717) is 22.8 Å². The molecule has 1 aromatic carbocycles. The summed E-state index contributed by atoms with van der Waals surface area (Å²) in [5.41, 5.74) is 7.64. The van der Waals surface area contributed by atoms with Crippen molar-refractivity contribution in [2.75, 3.05) is 23.3 Å². The Bertz CT molecular complexity index is 834. The summed E-state index contributed by atoms with van der Waals surface area (Å²) in [4.78, 5) is 27.3. The van der Waals surface area contributed by atoms with Crippen LogP contribution in [-0.4, -0.2) is 24.9 Å². The van der Waals surface area contributed by atoms with Crippen LogP contribution in [0.5, 0.6) is 0 Å². The molecule has 0 radical (unpaired) electrons. The summed E-state index contributed by atoms with van der Waals surface area (Å²) < 4.78 is 13.4. The van der Waals surface area contributed by atoms with Gasteiger partial charge in [-0.25, -0.2) is 4.39 Å². The van der Waals surface area contributed by atoms with E-state index in [1.54, 1.807) is 17.0 Å². The maximum atomic E-state index is 13.4. The summed E-state index contributed by atoms with van der Waals surface area (Å²) in [6, 6.07) is 6.14. The molecular formula is C19H22FN3O2S. The lowest BCUT2D eigenvalue weighted by Gasteiger charge is -2.22. The highest BCUT2D eigenvalue weighted by atomic mass is 32.1. The van der Waals surface area contributed by atoms with E-state index in [9.17, 15) is 14.0 Å². The zero-order valence-electron chi connectivity index (χ0n) is 14.7. The van der Waals surface area contributed by atoms with Gasteiger partial charge in [-0.15, -0.1) is 11.3 Å². The minimum absolute atomic E-state index is 0.0702. The number of fused-ring (bicyclic) bond motifs is 1. The lowest BCUT2D eigenvalue weighted by molar-refractivity contribution is -0.114. The molecule has 1 aliphatic carbocycles. The lowest BCUT2D eigenvalue weighted by atomic mass is 9.95. The molecule has 1 heterocycles. The van der Waals surface area contributed by atoms with Crippen molar-refractivity contribution < 1.29 is 14.0 Å². The highest BCUT2D eigenvalue weighted by Crippen LogP contribution is 2.37. The molecule has 26 heavy (non-hydrogen) atoms. The van der Waals surface area contributed by atoms with Crippen LogP contribution in [0, 0.1) is 5.82 Å². The molecule has 1 aromatic heterocycles. The Kier molecular flexibility index (Phi) is 5.56. The third-order valence-corrected chi connectivity index (χ3v) is 5.77. The highest BCUT2D eigenvalue weighted by Gasteiger charge is 2.25. The fraction of sp³-hybridized carbons (Fsp3) is 0.368. The second kappa shape index (κ2) is 7.86. The largest absolute Gasteiger partial charge is 0.365 e. The van der Waals surface area contributed by atoms with E-state index in [1.165, 1.54) is 23.5 Å². The fourth-order valence-electron chi connectivity index (χ4n) is 3.31. The van der Waals surface area contributed by atoms with Crippen LogP contribution in [0.1, 0.15) is 40.6 Å². The summed E-state index contributed by atoms with van der Waals surface area (Å²) >= 11 is 1.44. The van der Waals surface area contributed by atoms with Crippen molar-refractivity contribution >= 4 is 33.8 Å². The quantitative estimate of drug-likeness (QED) is 0.813. The molecule has 5 nitrogen and oxygen atoms in total. The van der Waals surface area contributed by atoms with E-state index in [1.807, 2.05) is 6.92 Å². The Morgan fingerprint density at radius 1 is 1.31 bits per heavy atom. The number of anilines is 2. The molecule has 7 heteroatoms. The predicted octanol–water partition coefficient (Wildman–Crippen LogP) is 3.33. The first kappa shape index (κ1) is 18.4. The number of thiophene rings is 1. The molecule has 3 N–H and O–H groups in total. The van der Waals surface area contributed by atoms with E-state index in [2.05, 4.69) is 5.32 Å². The predicted molar refractivity (Wildman–Crippen MR) is 102 cm³/mol. The first-order valence-corrected chi connectivity index (χ1v) is 9.56. The second-order valence-corrected chi connectivity index (χ2v) is 7.43. The summed E-state index contributed by atoms with van der Waals surface area (Å²) in [6.07, 6.45) is 3.85. The molecule has 2 amide bonds. The third-order valence-electron chi connectivity index (χ3n) is 4.56. The van der Waals surface area contributed by atoms with Gasteiger partial charge in [0.25, 0.3) is 5.91 Å². The molecule has 0 atom stereocenters. The van der Waals surface area contributed by atoms with Crippen molar-refractivity contribution in [3.63, 3.8) is 0 Å². The molecular weight excluding hydrogens is 353 g/mol. The number of likely N-dealkylation sites (N-methyl/N-ethyl adjacent to an activating group) is 1. The third kappa shape index (κ3) is 3.88. The smallest absolute Gasteiger partial charge is 0.251 e. The molecule has 1 aliphatic rings. The van der Waals surface area contributed by atoms with Gasteiger partial charge in [-0.2, -0.15) is 0 Å². The van der Waals surface area contributed by atoms with Gasteiger partial charge in [-0.1, -0.05) is 6.07 Å². The standard InChI is InChI=1S/C19H22FN3O2S/c1-2-23(13-7-5-6-12(20)10-13)11-16(24)22-19-17(18(21)25)14-8-3-4-9-15(14)26-19/h5-7,10H,2-4,8-9,11H2,1H3,(H2,21,25)(H,22,24). The highest BCUT2D eigenvalue weighted by molar-refractivity contribution is 7.17. The number of benzene rings is 1. The Balaban J connectivity index is 1.77. The van der Waals surface area contributed by atoms with Gasteiger partial charge >= 0.3 is 0 Å². The summed E-state index contributed by atoms with van der Waals surface area (Å²) in [7, 11) is 0. The lowest BCUT2D eigenvalue weighted by Crippen LogP contribution is -2.33. The molecule has 2 aromatic rings. The molecule has 138 valence electrons. The summed E-state index contributed by atoms with van der Waals surface area (Å²) in [5, 5.41) is 3.37. The van der Waals surface area contributed by atoms with E-state index in [4.69, 9.17) is 5.73 Å². The number of hydrogen-bond donors (Lipinski definition) is 2. The van der Waals surface area contributed by atoms with Crippen molar-refractivity contribution in [1.29, 1.82) is 0 Å². The minimum atomic E-state index is -0.503. The summed E-state index contributed by atoms with van der Waals surface area (Å²) in [5.74, 6) is -1.10. The number of aryl methyl sites for hydroxylation is 1. The fourth-order valence-corrected chi connectivity index (χ4v) is 4.62. The number of rotatable bonds is 6. The van der Waals surface area contributed by atoms with Gasteiger partial charge in [0.1, 0.15) is 10.8 Å². The van der Waals surface area contributed by atoms with Crippen LogP contribution < -0.4 is 16.0 Å². The van der Waals surface area contributed by atoms with Crippen molar-refractivity contribution in [3.8, 4) is 0 Å². The summed E-state index contributed by atoms with van der Waals surface area (Å²) in [6.45, 7) is 2.53. The van der Waals surface area contributed by atoms with Crippen molar-refractivity contribution in [1.82, 2.24) is 0 Å². The SMILES string of the molecule is CCN(CC(=O)Nc1sc2c(c1C(N)=O)CCCC2)c1cccc(F)c1. The molecule has 0 unspecified atom stereocenters. The number of nitrogens with one attached hydrogen (secondary N) is 1. The van der Waals surface area contributed by atoms with Gasteiger partial charge in [0.2, 0.25) is 5.91 Å². The first-order valence-electron chi connectivity index (χ1n) is 8.74. The minimum Gasteiger partial charge on any atom is -0.365 e. The van der Waals surface area contributed by atoms with Crippen molar-refractivity contribution in [2.24, 2.45) is 5.73 Å². The van der Waals surface area contributed by atoms with Gasteiger partial charge in [0.15, 0.2) is 0 Å². The first-order chi connectivity index (χ1) is 12.5. The van der Waals surface area contributed by atoms with Crippen LogP contribution in [0.2, 0.25) is 0 Å². The van der Waals surface area contributed by atoms with Gasteiger partial charge < -0.3 is 16.0 Å². The van der Waals surface area contributed by atoms with Crippen LogP contribution in [0.15, 0.2) is 24.3 Å². The molecule has 0 saturated heterocycles. The number of carbonyl (C=O) groups is 2. The Morgan fingerprint density at radius 3 is 2.77 bits per heavy atom. The normalized spacial score (nSPS) is 13.2. The number of nitrogens with zero attached hydrogens (tertiary/aromatic N) is 1. The molecule has 0 aliphatic heterocycles. The van der Waals surface area contributed by atoms with E-state index < -0.39 is 5.91 Å². The zero-order valence-corrected chi connectivity index (χ0v) is 15.5. The Hall–Kier alpha value is -2.41. The van der Waals surface area contributed by atoms with E-state index in [-0.39, 0.29) is 18.3 Å². The molecule has 3 rings (SSSR count). The average molecular weight is 375 g/mol. The number of halogens is 1. The number of primary amides is 1. The topological polar surface area (TPSA) is 75.4 Å². The van der Waals surface area contributed by atoms with E-state index >= 15 is 0 Å². The molecule has 0 saturated carbocycles. The monoisotopic (exact) mass is 375 g/mol. The zero-order chi connectivity index (χ0) is 18.7. The van der Waals surface area contributed by atoms with Crippen LogP contribution in [0.4, 0.5) is 15.1 Å². The van der Waals surface area contributed by atoms with Crippen LogP contribution in [-0.2, 0) is 17.6 Å². The molecule has 0 fully saturated rings. The van der Waals surface area contributed by atoms with Crippen LogP contribution in [0.25, 0.3) is 0 Å². The number of hydrogen-bond acceptors (Lipinski definition) is 4. The maximum absolute atomic E-state index is 13.4. The number of amides is 2. The molecule has 0 spiro atoms. The van der Waals surface area contributed by atoms with Crippen molar-refractivity contribution in [3.05, 3.63) is 46.1 Å². The van der Waals surface area contributed by atoms with Crippen LogP contribution in [0.3, 0.4) is 0 Å². The Morgan fingerprint density at radius 2 is 2.08 bits per heavy atom. The van der Waals surface area contributed by atoms with Gasteiger partial charge in [-0.05, 0) is 56.4 Å². The number of nitrogens with two attached hydrogens (primary N) is 1. The number of carbonyl (C=O) groups excluding carboxylic acids is 2. The Labute approximate surface area is 156 Å². The van der Waals surface area contributed by atoms with E-state index in [0.717, 1.165) is 36.1 Å². The van der Waals surface area contributed by atoms with Gasteiger partial charge in [0.05, 0.1) is 12.1 Å². The second-order valence-electron chi connectivity index (χ2n) is 6.32. The van der Waals surface area contributed by atoms with Crippen LogP contribution >= 0.6 is 11.3 Å².